The summed E-state index contributed by atoms with van der Waals surface area (Å²) in [6.45, 7) is 5.18. The predicted octanol–water partition coefficient (Wildman–Crippen LogP) is 1.74. The second-order valence-corrected chi connectivity index (χ2v) is 3.35. The molecule has 1 aromatic carbocycles. The first-order chi connectivity index (χ1) is 6.69. The van der Waals surface area contributed by atoms with Crippen LogP contribution in [0.5, 0.6) is 0 Å². The number of rotatable bonds is 4. The summed E-state index contributed by atoms with van der Waals surface area (Å²) in [4.78, 5) is 0. The topological polar surface area (TPSA) is 38.0 Å². The molecule has 0 spiro atoms. The molecule has 0 aliphatic heterocycles. The standard InChI is InChI=1S/C11H17FN2/c1-3-14-11(7-13)9-4-5-10(12)8(2)6-9/h4-6,11,14H,3,7,13H2,1-2H3. The number of halogens is 1. The van der Waals surface area contributed by atoms with Crippen molar-refractivity contribution in [2.75, 3.05) is 13.1 Å². The molecule has 78 valence electrons. The lowest BCUT2D eigenvalue weighted by Crippen LogP contribution is -2.27. The lowest BCUT2D eigenvalue weighted by molar-refractivity contribution is 0.557. The van der Waals surface area contributed by atoms with Crippen molar-refractivity contribution in [1.29, 1.82) is 0 Å². The van der Waals surface area contributed by atoms with Crippen LogP contribution in [0.3, 0.4) is 0 Å². The van der Waals surface area contributed by atoms with Crippen LogP contribution in [0.2, 0.25) is 0 Å². The van der Waals surface area contributed by atoms with E-state index in [4.69, 9.17) is 5.73 Å². The highest BCUT2D eigenvalue weighted by atomic mass is 19.1. The van der Waals surface area contributed by atoms with Crippen molar-refractivity contribution in [3.05, 3.63) is 35.1 Å². The summed E-state index contributed by atoms with van der Waals surface area (Å²) < 4.78 is 13.0. The minimum atomic E-state index is -0.166. The predicted molar refractivity (Wildman–Crippen MR) is 56.6 cm³/mol. The van der Waals surface area contributed by atoms with Crippen LogP contribution >= 0.6 is 0 Å². The van der Waals surface area contributed by atoms with E-state index < -0.39 is 0 Å². The van der Waals surface area contributed by atoms with Crippen molar-refractivity contribution in [2.24, 2.45) is 5.73 Å². The van der Waals surface area contributed by atoms with E-state index in [0.29, 0.717) is 12.1 Å². The van der Waals surface area contributed by atoms with Crippen LogP contribution in [-0.2, 0) is 0 Å². The maximum Gasteiger partial charge on any atom is 0.126 e. The molecule has 0 radical (unpaired) electrons. The monoisotopic (exact) mass is 196 g/mol. The molecule has 0 saturated heterocycles. The molecule has 3 heteroatoms. The normalized spacial score (nSPS) is 12.9. The molecule has 1 aromatic rings. The molecule has 0 aliphatic rings. The number of likely N-dealkylation sites (N-methyl/N-ethyl adjacent to an activating group) is 1. The van der Waals surface area contributed by atoms with E-state index in [1.165, 1.54) is 6.07 Å². The van der Waals surface area contributed by atoms with Crippen LogP contribution in [0, 0.1) is 12.7 Å². The van der Waals surface area contributed by atoms with Crippen molar-refractivity contribution in [2.45, 2.75) is 19.9 Å². The van der Waals surface area contributed by atoms with Crippen molar-refractivity contribution in [3.8, 4) is 0 Å². The Hall–Kier alpha value is -0.930. The largest absolute Gasteiger partial charge is 0.329 e. The summed E-state index contributed by atoms with van der Waals surface area (Å²) >= 11 is 0. The highest BCUT2D eigenvalue weighted by molar-refractivity contribution is 5.26. The van der Waals surface area contributed by atoms with Gasteiger partial charge in [0.15, 0.2) is 0 Å². The van der Waals surface area contributed by atoms with Gasteiger partial charge in [-0.1, -0.05) is 19.1 Å². The van der Waals surface area contributed by atoms with E-state index in [1.807, 2.05) is 13.0 Å². The van der Waals surface area contributed by atoms with Gasteiger partial charge in [-0.15, -0.1) is 0 Å². The molecule has 14 heavy (non-hydrogen) atoms. The van der Waals surface area contributed by atoms with Crippen LogP contribution in [-0.4, -0.2) is 13.1 Å². The van der Waals surface area contributed by atoms with Gasteiger partial charge in [-0.2, -0.15) is 0 Å². The fourth-order valence-electron chi connectivity index (χ4n) is 1.47. The molecular formula is C11H17FN2. The van der Waals surface area contributed by atoms with Gasteiger partial charge in [-0.3, -0.25) is 0 Å². The van der Waals surface area contributed by atoms with Crippen LogP contribution in [0.15, 0.2) is 18.2 Å². The second-order valence-electron chi connectivity index (χ2n) is 3.35. The van der Waals surface area contributed by atoms with E-state index in [2.05, 4.69) is 5.32 Å². The molecule has 0 amide bonds. The number of benzene rings is 1. The second kappa shape index (κ2) is 5.08. The Kier molecular flexibility index (Phi) is 4.04. The van der Waals surface area contributed by atoms with E-state index in [1.54, 1.807) is 13.0 Å². The number of nitrogens with one attached hydrogen (secondary N) is 1. The Morgan fingerprint density at radius 3 is 2.71 bits per heavy atom. The Labute approximate surface area is 84.3 Å². The summed E-state index contributed by atoms with van der Waals surface area (Å²) in [5.74, 6) is -0.166. The molecule has 0 heterocycles. The van der Waals surface area contributed by atoms with Gasteiger partial charge in [0, 0.05) is 12.6 Å². The number of hydrogen-bond acceptors (Lipinski definition) is 2. The summed E-state index contributed by atoms with van der Waals surface area (Å²) in [5.41, 5.74) is 7.34. The Morgan fingerprint density at radius 1 is 1.50 bits per heavy atom. The first kappa shape index (κ1) is 11.1. The van der Waals surface area contributed by atoms with Gasteiger partial charge in [-0.25, -0.2) is 4.39 Å². The van der Waals surface area contributed by atoms with Crippen molar-refractivity contribution in [3.63, 3.8) is 0 Å². The molecule has 0 fully saturated rings. The quantitative estimate of drug-likeness (QED) is 0.769. The lowest BCUT2D eigenvalue weighted by Gasteiger charge is -2.16. The van der Waals surface area contributed by atoms with Crippen LogP contribution in [0.4, 0.5) is 4.39 Å². The van der Waals surface area contributed by atoms with E-state index >= 15 is 0 Å². The molecule has 2 nitrogen and oxygen atoms in total. The molecule has 1 unspecified atom stereocenters. The van der Waals surface area contributed by atoms with Gasteiger partial charge in [0.05, 0.1) is 0 Å². The van der Waals surface area contributed by atoms with E-state index in [-0.39, 0.29) is 11.9 Å². The number of nitrogens with two attached hydrogens (primary N) is 1. The fourth-order valence-corrected chi connectivity index (χ4v) is 1.47. The molecule has 1 atom stereocenters. The molecule has 3 N–H and O–H groups in total. The third kappa shape index (κ3) is 2.53. The maximum absolute atomic E-state index is 13.0. The average Bonchev–Trinajstić information content (AvgIpc) is 2.19. The zero-order valence-electron chi connectivity index (χ0n) is 8.68. The van der Waals surface area contributed by atoms with Crippen LogP contribution in [0.25, 0.3) is 0 Å². The van der Waals surface area contributed by atoms with Crippen molar-refractivity contribution < 1.29 is 4.39 Å². The zero-order valence-corrected chi connectivity index (χ0v) is 8.68. The van der Waals surface area contributed by atoms with Crippen molar-refractivity contribution in [1.82, 2.24) is 5.32 Å². The third-order valence-corrected chi connectivity index (χ3v) is 2.27. The maximum atomic E-state index is 13.0. The minimum Gasteiger partial charge on any atom is -0.329 e. The Balaban J connectivity index is 2.88. The summed E-state index contributed by atoms with van der Waals surface area (Å²) in [6.07, 6.45) is 0. The molecule has 0 bridgehead atoms. The summed E-state index contributed by atoms with van der Waals surface area (Å²) in [5, 5.41) is 3.25. The van der Waals surface area contributed by atoms with Gasteiger partial charge in [0.25, 0.3) is 0 Å². The Morgan fingerprint density at radius 2 is 2.21 bits per heavy atom. The molecule has 0 aliphatic carbocycles. The van der Waals surface area contributed by atoms with Gasteiger partial charge in [0.2, 0.25) is 0 Å². The van der Waals surface area contributed by atoms with E-state index in [9.17, 15) is 4.39 Å². The first-order valence-corrected chi connectivity index (χ1v) is 4.88. The smallest absolute Gasteiger partial charge is 0.126 e. The van der Waals surface area contributed by atoms with Gasteiger partial charge in [-0.05, 0) is 30.7 Å². The lowest BCUT2D eigenvalue weighted by atomic mass is 10.0. The summed E-state index contributed by atoms with van der Waals surface area (Å²) in [6, 6.07) is 5.24. The van der Waals surface area contributed by atoms with Gasteiger partial charge >= 0.3 is 0 Å². The molecule has 1 rings (SSSR count). The molecular weight excluding hydrogens is 179 g/mol. The SMILES string of the molecule is CCNC(CN)c1ccc(F)c(C)c1. The highest BCUT2D eigenvalue weighted by Gasteiger charge is 2.08. The van der Waals surface area contributed by atoms with Crippen LogP contribution < -0.4 is 11.1 Å². The Bertz CT molecular complexity index is 299. The minimum absolute atomic E-state index is 0.124. The number of aryl methyl sites for hydroxylation is 1. The molecule has 0 saturated carbocycles. The molecule has 0 aromatic heterocycles. The highest BCUT2D eigenvalue weighted by Crippen LogP contribution is 2.15. The average molecular weight is 196 g/mol. The summed E-state index contributed by atoms with van der Waals surface area (Å²) in [7, 11) is 0. The zero-order chi connectivity index (χ0) is 10.6. The number of hydrogen-bond donors (Lipinski definition) is 2. The van der Waals surface area contributed by atoms with Crippen LogP contribution in [0.1, 0.15) is 24.1 Å². The van der Waals surface area contributed by atoms with E-state index in [0.717, 1.165) is 12.1 Å². The fraction of sp³-hybridized carbons (Fsp3) is 0.455. The van der Waals surface area contributed by atoms with Crippen molar-refractivity contribution >= 4 is 0 Å². The first-order valence-electron chi connectivity index (χ1n) is 4.88. The van der Waals surface area contributed by atoms with Gasteiger partial charge < -0.3 is 11.1 Å². The third-order valence-electron chi connectivity index (χ3n) is 2.27. The van der Waals surface area contributed by atoms with Gasteiger partial charge in [0.1, 0.15) is 5.82 Å².